The van der Waals surface area contributed by atoms with E-state index < -0.39 is 0 Å². The summed E-state index contributed by atoms with van der Waals surface area (Å²) in [5.74, 6) is 0. The highest BCUT2D eigenvalue weighted by Crippen LogP contribution is 2.22. The van der Waals surface area contributed by atoms with Crippen molar-refractivity contribution in [2.45, 2.75) is 66.3 Å². The van der Waals surface area contributed by atoms with Crippen molar-refractivity contribution in [3.8, 4) is 0 Å². The average Bonchev–Trinajstić information content (AvgIpc) is 2.19. The molecule has 1 unspecified atom stereocenters. The van der Waals surface area contributed by atoms with Gasteiger partial charge in [0.25, 0.3) is 0 Å². The molecule has 0 amide bonds. The highest BCUT2D eigenvalue weighted by molar-refractivity contribution is 4.71. The summed E-state index contributed by atoms with van der Waals surface area (Å²) in [4.78, 5) is 0. The van der Waals surface area contributed by atoms with E-state index in [1.807, 2.05) is 0 Å². The monoisotopic (exact) mass is 229 g/mol. The third kappa shape index (κ3) is 10.4. The van der Waals surface area contributed by atoms with Crippen LogP contribution in [0.25, 0.3) is 0 Å². The Labute approximate surface area is 102 Å². The normalized spacial score (nSPS) is 14.1. The summed E-state index contributed by atoms with van der Waals surface area (Å²) in [6.07, 6.45) is 4.99. The van der Waals surface area contributed by atoms with Gasteiger partial charge in [-0.05, 0) is 44.6 Å². The molecule has 16 heavy (non-hydrogen) atoms. The molecule has 0 aromatic carbocycles. The molecule has 0 radical (unpaired) electrons. The molecule has 0 fully saturated rings. The summed E-state index contributed by atoms with van der Waals surface area (Å²) in [6, 6.07) is 0.671. The van der Waals surface area contributed by atoms with Crippen LogP contribution in [0.5, 0.6) is 0 Å². The molecule has 0 aromatic rings. The fourth-order valence-electron chi connectivity index (χ4n) is 1.82. The van der Waals surface area contributed by atoms with Gasteiger partial charge in [-0.2, -0.15) is 0 Å². The van der Waals surface area contributed by atoms with Crippen LogP contribution in [0.1, 0.15) is 60.3 Å². The fraction of sp³-hybridized carbons (Fsp3) is 1.00. The Bertz CT molecular complexity index is 151. The van der Waals surface area contributed by atoms with Gasteiger partial charge < -0.3 is 10.1 Å². The topological polar surface area (TPSA) is 21.3 Å². The van der Waals surface area contributed by atoms with Crippen molar-refractivity contribution in [2.75, 3.05) is 19.8 Å². The zero-order valence-electron chi connectivity index (χ0n) is 11.9. The quantitative estimate of drug-likeness (QED) is 0.610. The molecule has 0 aliphatic rings. The van der Waals surface area contributed by atoms with Crippen LogP contribution >= 0.6 is 0 Å². The molecule has 0 saturated heterocycles. The van der Waals surface area contributed by atoms with E-state index in [1.165, 1.54) is 25.7 Å². The molecule has 0 aromatic heterocycles. The maximum absolute atomic E-state index is 5.38. The van der Waals surface area contributed by atoms with Crippen LogP contribution in [0.3, 0.4) is 0 Å². The highest BCUT2D eigenvalue weighted by atomic mass is 16.5. The summed E-state index contributed by atoms with van der Waals surface area (Å²) in [5.41, 5.74) is 0.452. The Kier molecular flexibility index (Phi) is 8.96. The lowest BCUT2D eigenvalue weighted by molar-refractivity contribution is 0.140. The minimum atomic E-state index is 0.452. The van der Waals surface area contributed by atoms with E-state index in [-0.39, 0.29) is 0 Å². The molecule has 0 aliphatic carbocycles. The van der Waals surface area contributed by atoms with Crippen molar-refractivity contribution >= 4 is 0 Å². The van der Waals surface area contributed by atoms with E-state index in [4.69, 9.17) is 4.74 Å². The molecule has 0 rings (SSSR count). The maximum atomic E-state index is 5.38. The van der Waals surface area contributed by atoms with Crippen molar-refractivity contribution < 1.29 is 4.74 Å². The van der Waals surface area contributed by atoms with Gasteiger partial charge in [0.05, 0.1) is 0 Å². The van der Waals surface area contributed by atoms with Gasteiger partial charge in [-0.25, -0.2) is 0 Å². The first-order chi connectivity index (χ1) is 7.49. The SMILES string of the molecule is CCNC(CCCOCC)CCC(C)(C)C. The van der Waals surface area contributed by atoms with E-state index in [2.05, 4.69) is 39.9 Å². The second-order valence-electron chi connectivity index (χ2n) is 5.69. The van der Waals surface area contributed by atoms with Crippen LogP contribution in [0, 0.1) is 5.41 Å². The van der Waals surface area contributed by atoms with Crippen LogP contribution in [0.15, 0.2) is 0 Å². The lowest BCUT2D eigenvalue weighted by Gasteiger charge is -2.23. The summed E-state index contributed by atoms with van der Waals surface area (Å²) < 4.78 is 5.38. The number of nitrogens with one attached hydrogen (secondary N) is 1. The molecule has 2 heteroatoms. The van der Waals surface area contributed by atoms with E-state index in [1.54, 1.807) is 0 Å². The average molecular weight is 229 g/mol. The lowest BCUT2D eigenvalue weighted by Crippen LogP contribution is -2.30. The molecule has 2 nitrogen and oxygen atoms in total. The first kappa shape index (κ1) is 15.9. The van der Waals surface area contributed by atoms with Gasteiger partial charge in [-0.1, -0.05) is 27.7 Å². The Balaban J connectivity index is 3.70. The molecule has 0 spiro atoms. The third-order valence-electron chi connectivity index (χ3n) is 2.78. The predicted octanol–water partition coefficient (Wildman–Crippen LogP) is 3.61. The first-order valence-electron chi connectivity index (χ1n) is 6.80. The Hall–Kier alpha value is -0.0800. The fourth-order valence-corrected chi connectivity index (χ4v) is 1.82. The van der Waals surface area contributed by atoms with Crippen molar-refractivity contribution in [3.63, 3.8) is 0 Å². The molecule has 0 saturated carbocycles. The minimum Gasteiger partial charge on any atom is -0.382 e. The van der Waals surface area contributed by atoms with Crippen molar-refractivity contribution in [3.05, 3.63) is 0 Å². The van der Waals surface area contributed by atoms with E-state index in [0.29, 0.717) is 11.5 Å². The van der Waals surface area contributed by atoms with Gasteiger partial charge >= 0.3 is 0 Å². The van der Waals surface area contributed by atoms with Crippen LogP contribution in [-0.4, -0.2) is 25.8 Å². The summed E-state index contributed by atoms with van der Waals surface area (Å²) in [7, 11) is 0. The smallest absolute Gasteiger partial charge is 0.0466 e. The molecule has 1 N–H and O–H groups in total. The van der Waals surface area contributed by atoms with Crippen LogP contribution in [-0.2, 0) is 4.74 Å². The van der Waals surface area contributed by atoms with Gasteiger partial charge in [0, 0.05) is 19.3 Å². The maximum Gasteiger partial charge on any atom is 0.0466 e. The molecule has 0 aliphatic heterocycles. The van der Waals surface area contributed by atoms with Gasteiger partial charge in [-0.15, -0.1) is 0 Å². The van der Waals surface area contributed by atoms with Crippen LogP contribution in [0.2, 0.25) is 0 Å². The molecule has 0 bridgehead atoms. The second kappa shape index (κ2) is 9.00. The van der Waals surface area contributed by atoms with E-state index in [9.17, 15) is 0 Å². The number of ether oxygens (including phenoxy) is 1. The van der Waals surface area contributed by atoms with E-state index >= 15 is 0 Å². The van der Waals surface area contributed by atoms with Crippen molar-refractivity contribution in [1.29, 1.82) is 0 Å². The molecule has 0 heterocycles. The largest absolute Gasteiger partial charge is 0.382 e. The molecule has 1 atom stereocenters. The van der Waals surface area contributed by atoms with Gasteiger partial charge in [0.15, 0.2) is 0 Å². The summed E-state index contributed by atoms with van der Waals surface area (Å²) >= 11 is 0. The Morgan fingerprint density at radius 2 is 1.81 bits per heavy atom. The van der Waals surface area contributed by atoms with Gasteiger partial charge in [0.1, 0.15) is 0 Å². The first-order valence-corrected chi connectivity index (χ1v) is 6.80. The minimum absolute atomic E-state index is 0.452. The summed E-state index contributed by atoms with van der Waals surface area (Å²) in [6.45, 7) is 14.0. The zero-order valence-corrected chi connectivity index (χ0v) is 11.9. The summed E-state index contributed by atoms with van der Waals surface area (Å²) in [5, 5.41) is 3.58. The second-order valence-corrected chi connectivity index (χ2v) is 5.69. The molecular weight excluding hydrogens is 198 g/mol. The van der Waals surface area contributed by atoms with Gasteiger partial charge in [0.2, 0.25) is 0 Å². The molecule has 98 valence electrons. The highest BCUT2D eigenvalue weighted by Gasteiger charge is 2.14. The zero-order chi connectivity index (χ0) is 12.4. The lowest BCUT2D eigenvalue weighted by atomic mass is 9.88. The Morgan fingerprint density at radius 1 is 1.12 bits per heavy atom. The van der Waals surface area contributed by atoms with Crippen LogP contribution < -0.4 is 5.32 Å². The number of hydrogen-bond acceptors (Lipinski definition) is 2. The third-order valence-corrected chi connectivity index (χ3v) is 2.78. The van der Waals surface area contributed by atoms with Gasteiger partial charge in [-0.3, -0.25) is 0 Å². The van der Waals surface area contributed by atoms with Crippen LogP contribution in [0.4, 0.5) is 0 Å². The van der Waals surface area contributed by atoms with E-state index in [0.717, 1.165) is 19.8 Å². The predicted molar refractivity (Wildman–Crippen MR) is 71.9 cm³/mol. The number of hydrogen-bond donors (Lipinski definition) is 1. The Morgan fingerprint density at radius 3 is 2.31 bits per heavy atom. The van der Waals surface area contributed by atoms with Crippen molar-refractivity contribution in [2.24, 2.45) is 5.41 Å². The van der Waals surface area contributed by atoms with Crippen molar-refractivity contribution in [1.82, 2.24) is 5.32 Å². The number of rotatable bonds is 9. The molecular formula is C14H31NO. The standard InChI is InChI=1S/C14H31NO/c1-6-15-13(9-8-12-16-7-2)10-11-14(3,4)5/h13,15H,6-12H2,1-5H3.